The highest BCUT2D eigenvalue weighted by Crippen LogP contribution is 2.42. The van der Waals surface area contributed by atoms with Gasteiger partial charge < -0.3 is 9.80 Å². The van der Waals surface area contributed by atoms with Crippen LogP contribution < -0.4 is 10.6 Å². The molecule has 2 aromatic heterocycles. The van der Waals surface area contributed by atoms with Crippen LogP contribution in [0, 0.1) is 5.82 Å². The van der Waals surface area contributed by atoms with Crippen LogP contribution >= 0.6 is 11.6 Å². The number of carbonyl (C=O) groups excluding carboxylic acids is 1. The van der Waals surface area contributed by atoms with E-state index >= 15 is 4.39 Å². The van der Waals surface area contributed by atoms with E-state index in [0.29, 0.717) is 5.56 Å². The molecule has 1 amide bonds. The number of anilines is 1. The summed E-state index contributed by atoms with van der Waals surface area (Å²) in [5, 5.41) is -0.506. The fourth-order valence-corrected chi connectivity index (χ4v) is 6.87. The van der Waals surface area contributed by atoms with Gasteiger partial charge in [-0.15, -0.1) is 0 Å². The van der Waals surface area contributed by atoms with Gasteiger partial charge in [-0.1, -0.05) is 43.3 Å². The van der Waals surface area contributed by atoms with Gasteiger partial charge in [-0.05, 0) is 49.2 Å². The number of piperazine rings is 1. The van der Waals surface area contributed by atoms with Crippen LogP contribution in [0.15, 0.2) is 64.8 Å². The molecule has 5 rings (SSSR count). The van der Waals surface area contributed by atoms with Crippen LogP contribution in [0.1, 0.15) is 25.0 Å². The minimum atomic E-state index is -4.94. The molecule has 1 fully saturated rings. The first kappa shape index (κ1) is 33.1. The molecule has 46 heavy (non-hydrogen) atoms. The van der Waals surface area contributed by atoms with E-state index in [9.17, 15) is 31.2 Å². The highest BCUT2D eigenvalue weighted by Gasteiger charge is 2.37. The van der Waals surface area contributed by atoms with Gasteiger partial charge in [0.2, 0.25) is 5.91 Å². The predicted molar refractivity (Wildman–Crippen MR) is 167 cm³/mol. The van der Waals surface area contributed by atoms with E-state index < -0.39 is 55.4 Å². The van der Waals surface area contributed by atoms with E-state index in [1.807, 2.05) is 0 Å². The van der Waals surface area contributed by atoms with Crippen LogP contribution in [0.25, 0.3) is 28.0 Å². The second-order valence-corrected chi connectivity index (χ2v) is 13.2. The van der Waals surface area contributed by atoms with Gasteiger partial charge in [-0.25, -0.2) is 27.2 Å². The summed E-state index contributed by atoms with van der Waals surface area (Å²) >= 11 is 6.22. The maximum atomic E-state index is 16.1. The average molecular weight is 678 g/mol. The zero-order chi connectivity index (χ0) is 33.7. The van der Waals surface area contributed by atoms with Crippen LogP contribution in [0.3, 0.4) is 0 Å². The molecule has 0 radical (unpaired) electrons. The van der Waals surface area contributed by atoms with Crippen LogP contribution in [0.5, 0.6) is 0 Å². The lowest BCUT2D eigenvalue weighted by molar-refractivity contribution is -0.137. The average Bonchev–Trinajstić information content (AvgIpc) is 2.99. The van der Waals surface area contributed by atoms with Crippen molar-refractivity contribution in [2.45, 2.75) is 37.4 Å². The number of sulfone groups is 1. The van der Waals surface area contributed by atoms with Gasteiger partial charge >= 0.3 is 11.9 Å². The third kappa shape index (κ3) is 5.86. The molecule has 4 aromatic rings. The molecule has 3 heterocycles. The Morgan fingerprint density at radius 3 is 2.46 bits per heavy atom. The molecule has 0 aliphatic carbocycles. The van der Waals surface area contributed by atoms with E-state index in [1.165, 1.54) is 18.2 Å². The number of benzene rings is 2. The number of nitrogens with zero attached hydrogens (tertiary/aromatic N) is 5. The van der Waals surface area contributed by atoms with Crippen molar-refractivity contribution in [2.75, 3.05) is 30.8 Å². The third-order valence-electron chi connectivity index (χ3n) is 7.83. The number of para-hydroxylation sites is 1. The van der Waals surface area contributed by atoms with Crippen molar-refractivity contribution < 1.29 is 30.8 Å². The molecule has 15 heteroatoms. The summed E-state index contributed by atoms with van der Waals surface area (Å²) in [6.45, 7) is 7.57. The fourth-order valence-electron chi connectivity index (χ4n) is 5.71. The number of carbonyl (C=O) groups is 1. The molecule has 0 unspecified atom stereocenters. The second-order valence-electron chi connectivity index (χ2n) is 10.8. The van der Waals surface area contributed by atoms with E-state index in [4.69, 9.17) is 11.6 Å². The standard InChI is InChI=1S/C31H28ClF4N5O4S/c1-5-18-9-7-12-23(46(4,44)45)27(18)41-29-19(28(38-30(41)43)40-14-13-39(16-17(40)3)24(42)6-2)15-22(33)26(37-29)25-20(31(34,35)36)10-8-11-21(25)32/h6-12,15,17H,2,5,13-14,16H2,1,3-4H3/t17-/m0/s1. The highest BCUT2D eigenvalue weighted by atomic mass is 35.5. The van der Waals surface area contributed by atoms with Crippen LogP contribution in [0.4, 0.5) is 23.4 Å². The second kappa shape index (κ2) is 12.1. The van der Waals surface area contributed by atoms with Gasteiger partial charge in [-0.2, -0.15) is 18.2 Å². The topological polar surface area (TPSA) is 105 Å². The lowest BCUT2D eigenvalue weighted by Crippen LogP contribution is -2.54. The van der Waals surface area contributed by atoms with Crippen LogP contribution in [-0.4, -0.2) is 65.7 Å². The third-order valence-corrected chi connectivity index (χ3v) is 9.27. The van der Waals surface area contributed by atoms with Gasteiger partial charge in [0.25, 0.3) is 0 Å². The molecule has 0 bridgehead atoms. The van der Waals surface area contributed by atoms with E-state index in [-0.39, 0.29) is 59.4 Å². The SMILES string of the molecule is C=CC(=O)N1CCN(c2nc(=O)n(-c3c(CC)cccc3S(C)(=O)=O)c3nc(-c4c(Cl)cccc4C(F)(F)F)c(F)cc23)[C@@H](C)C1. The van der Waals surface area contributed by atoms with Crippen molar-refractivity contribution in [3.63, 3.8) is 0 Å². The number of rotatable bonds is 6. The number of hydrogen-bond donors (Lipinski definition) is 0. The molecule has 0 spiro atoms. The Labute approximate surface area is 266 Å². The minimum Gasteiger partial charge on any atom is -0.350 e. The molecular weight excluding hydrogens is 650 g/mol. The number of amides is 1. The highest BCUT2D eigenvalue weighted by molar-refractivity contribution is 7.90. The molecule has 9 nitrogen and oxygen atoms in total. The first-order valence-electron chi connectivity index (χ1n) is 14.1. The lowest BCUT2D eigenvalue weighted by Gasteiger charge is -2.40. The lowest BCUT2D eigenvalue weighted by atomic mass is 10.0. The summed E-state index contributed by atoms with van der Waals surface area (Å²) in [5.41, 5.74) is -3.82. The smallest absolute Gasteiger partial charge is 0.350 e. The van der Waals surface area contributed by atoms with E-state index in [0.717, 1.165) is 35.1 Å². The molecular formula is C31H28ClF4N5O4S. The molecule has 1 aliphatic heterocycles. The van der Waals surface area contributed by atoms with Crippen LogP contribution in [-0.2, 0) is 27.2 Å². The van der Waals surface area contributed by atoms with Crippen molar-refractivity contribution in [3.8, 4) is 16.9 Å². The minimum absolute atomic E-state index is 0.0301. The summed E-state index contributed by atoms with van der Waals surface area (Å²) in [5.74, 6) is -1.51. The number of halogens is 5. The summed E-state index contributed by atoms with van der Waals surface area (Å²) in [6, 6.07) is 7.81. The summed E-state index contributed by atoms with van der Waals surface area (Å²) in [6.07, 6.45) is -2.57. The number of hydrogen-bond acceptors (Lipinski definition) is 7. The number of pyridine rings is 1. The number of alkyl halides is 3. The van der Waals surface area contributed by atoms with Gasteiger partial charge in [0, 0.05) is 37.5 Å². The quantitative estimate of drug-likeness (QED) is 0.198. The van der Waals surface area contributed by atoms with Crippen molar-refractivity contribution in [2.24, 2.45) is 0 Å². The fraction of sp³-hybridized carbons (Fsp3) is 0.290. The monoisotopic (exact) mass is 677 g/mol. The normalized spacial score (nSPS) is 15.8. The van der Waals surface area contributed by atoms with Gasteiger partial charge in [0.1, 0.15) is 17.3 Å². The zero-order valence-electron chi connectivity index (χ0n) is 24.9. The Morgan fingerprint density at radius 1 is 1.15 bits per heavy atom. The summed E-state index contributed by atoms with van der Waals surface area (Å²) in [4.78, 5) is 37.8. The molecule has 1 saturated heterocycles. The van der Waals surface area contributed by atoms with E-state index in [2.05, 4.69) is 16.5 Å². The van der Waals surface area contributed by atoms with Crippen molar-refractivity contribution in [3.05, 3.63) is 87.6 Å². The van der Waals surface area contributed by atoms with Crippen molar-refractivity contribution in [1.29, 1.82) is 0 Å². The number of aromatic nitrogens is 3. The van der Waals surface area contributed by atoms with Gasteiger partial charge in [-0.3, -0.25) is 4.79 Å². The van der Waals surface area contributed by atoms with Crippen molar-refractivity contribution in [1.82, 2.24) is 19.4 Å². The molecule has 0 N–H and O–H groups in total. The summed E-state index contributed by atoms with van der Waals surface area (Å²) in [7, 11) is -3.97. The van der Waals surface area contributed by atoms with Gasteiger partial charge in [0.05, 0.1) is 26.6 Å². The first-order valence-corrected chi connectivity index (χ1v) is 16.3. The zero-order valence-corrected chi connectivity index (χ0v) is 26.5. The van der Waals surface area contributed by atoms with Gasteiger partial charge in [0.15, 0.2) is 15.5 Å². The predicted octanol–water partition coefficient (Wildman–Crippen LogP) is 5.45. The van der Waals surface area contributed by atoms with Crippen LogP contribution in [0.2, 0.25) is 5.02 Å². The molecule has 1 aliphatic rings. The Kier molecular flexibility index (Phi) is 8.73. The molecule has 0 saturated carbocycles. The number of fused-ring (bicyclic) bond motifs is 1. The number of aryl methyl sites for hydroxylation is 1. The Bertz CT molecular complexity index is 2070. The Balaban J connectivity index is 1.91. The Hall–Kier alpha value is -4.30. The molecule has 242 valence electrons. The largest absolute Gasteiger partial charge is 0.417 e. The molecule has 2 aromatic carbocycles. The maximum Gasteiger partial charge on any atom is 0.417 e. The van der Waals surface area contributed by atoms with Crippen molar-refractivity contribution >= 4 is 44.2 Å². The molecule has 1 atom stereocenters. The Morgan fingerprint density at radius 2 is 1.85 bits per heavy atom. The maximum absolute atomic E-state index is 16.1. The summed E-state index contributed by atoms with van der Waals surface area (Å²) < 4.78 is 85.3. The first-order chi connectivity index (χ1) is 21.6. The van der Waals surface area contributed by atoms with E-state index in [1.54, 1.807) is 29.7 Å².